The van der Waals surface area contributed by atoms with E-state index in [0.29, 0.717) is 5.02 Å². The van der Waals surface area contributed by atoms with E-state index in [2.05, 4.69) is 10.4 Å². The lowest BCUT2D eigenvalue weighted by molar-refractivity contribution is 0.0749. The van der Waals surface area contributed by atoms with E-state index in [1.807, 2.05) is 53.9 Å². The third-order valence-electron chi connectivity index (χ3n) is 4.71. The number of hydrogen-bond donors (Lipinski definition) is 1. The van der Waals surface area contributed by atoms with Gasteiger partial charge in [0.05, 0.1) is 16.3 Å². The van der Waals surface area contributed by atoms with Crippen LogP contribution >= 0.6 is 35.3 Å². The second-order valence-corrected chi connectivity index (χ2v) is 7.84. The van der Waals surface area contributed by atoms with Gasteiger partial charge in [0.1, 0.15) is 4.83 Å². The van der Waals surface area contributed by atoms with Crippen molar-refractivity contribution in [2.75, 3.05) is 20.1 Å². The number of carbonyl (C=O) groups is 1. The molecule has 3 heterocycles. The summed E-state index contributed by atoms with van der Waals surface area (Å²) < 4.78 is 1.87. The van der Waals surface area contributed by atoms with Crippen LogP contribution in [-0.4, -0.2) is 46.8 Å². The third-order valence-corrected chi connectivity index (χ3v) is 6.04. The molecule has 0 spiro atoms. The normalized spacial score (nSPS) is 16.7. The van der Waals surface area contributed by atoms with Gasteiger partial charge in [0, 0.05) is 30.0 Å². The molecular weight excluding hydrogens is 391 g/mol. The molecule has 0 radical (unpaired) electrons. The van der Waals surface area contributed by atoms with E-state index >= 15 is 0 Å². The summed E-state index contributed by atoms with van der Waals surface area (Å²) in [6.45, 7) is 3.80. The van der Waals surface area contributed by atoms with Crippen LogP contribution in [0.25, 0.3) is 15.9 Å². The first kappa shape index (κ1) is 19.2. The zero-order chi connectivity index (χ0) is 17.6. The van der Waals surface area contributed by atoms with Gasteiger partial charge in [-0.05, 0) is 44.2 Å². The monoisotopic (exact) mass is 410 g/mol. The Morgan fingerprint density at radius 2 is 2.23 bits per heavy atom. The lowest BCUT2D eigenvalue weighted by Crippen LogP contribution is -2.37. The van der Waals surface area contributed by atoms with Crippen LogP contribution in [0.2, 0.25) is 5.02 Å². The molecule has 1 N–H and O–H groups in total. The van der Waals surface area contributed by atoms with E-state index in [4.69, 9.17) is 11.6 Å². The van der Waals surface area contributed by atoms with Crippen LogP contribution in [0, 0.1) is 6.92 Å². The number of rotatable bonds is 3. The number of aryl methyl sites for hydroxylation is 1. The molecular formula is C18H20Cl2N4OS. The molecule has 26 heavy (non-hydrogen) atoms. The van der Waals surface area contributed by atoms with Gasteiger partial charge in [-0.3, -0.25) is 4.79 Å². The first-order valence-corrected chi connectivity index (χ1v) is 9.47. The van der Waals surface area contributed by atoms with Gasteiger partial charge in [-0.1, -0.05) is 17.7 Å². The summed E-state index contributed by atoms with van der Waals surface area (Å²) in [5.74, 6) is 0.0759. The van der Waals surface area contributed by atoms with E-state index in [0.717, 1.165) is 46.0 Å². The average molecular weight is 411 g/mol. The van der Waals surface area contributed by atoms with Gasteiger partial charge in [0.2, 0.25) is 0 Å². The molecule has 1 fully saturated rings. The molecule has 0 aliphatic carbocycles. The van der Waals surface area contributed by atoms with Crippen molar-refractivity contribution >= 4 is 51.5 Å². The fourth-order valence-corrected chi connectivity index (χ4v) is 4.60. The van der Waals surface area contributed by atoms with Crippen molar-refractivity contribution in [3.8, 4) is 5.69 Å². The number of nitrogens with zero attached hydrogens (tertiary/aromatic N) is 3. The summed E-state index contributed by atoms with van der Waals surface area (Å²) in [5.41, 5.74) is 1.82. The highest BCUT2D eigenvalue weighted by atomic mass is 35.5. The summed E-state index contributed by atoms with van der Waals surface area (Å²) in [6.07, 6.45) is 1.00. The Morgan fingerprint density at radius 3 is 2.92 bits per heavy atom. The number of aromatic nitrogens is 2. The highest BCUT2D eigenvalue weighted by Crippen LogP contribution is 2.32. The van der Waals surface area contributed by atoms with Crippen molar-refractivity contribution in [1.82, 2.24) is 20.0 Å². The number of likely N-dealkylation sites (N-methyl/N-ethyl adjacent to an activating group) is 1. The number of nitrogens with one attached hydrogen (secondary N) is 1. The van der Waals surface area contributed by atoms with Crippen molar-refractivity contribution in [2.24, 2.45) is 0 Å². The molecule has 0 bridgehead atoms. The molecule has 1 aliphatic rings. The largest absolute Gasteiger partial charge is 0.337 e. The van der Waals surface area contributed by atoms with Gasteiger partial charge < -0.3 is 10.2 Å². The quantitative estimate of drug-likeness (QED) is 0.711. The average Bonchev–Trinajstić information content (AvgIpc) is 3.31. The Kier molecular flexibility index (Phi) is 5.58. The van der Waals surface area contributed by atoms with Crippen molar-refractivity contribution in [1.29, 1.82) is 0 Å². The zero-order valence-corrected chi connectivity index (χ0v) is 16.9. The van der Waals surface area contributed by atoms with Gasteiger partial charge >= 0.3 is 0 Å². The maximum absolute atomic E-state index is 12.9. The lowest BCUT2D eigenvalue weighted by atomic mass is 10.2. The summed E-state index contributed by atoms with van der Waals surface area (Å²) >= 11 is 7.60. The maximum Gasteiger partial charge on any atom is 0.264 e. The van der Waals surface area contributed by atoms with Crippen molar-refractivity contribution in [2.45, 2.75) is 19.4 Å². The number of hydrogen-bond acceptors (Lipinski definition) is 4. The molecule has 4 rings (SSSR count). The molecule has 1 saturated heterocycles. The number of fused-ring (bicyclic) bond motifs is 1. The molecule has 138 valence electrons. The van der Waals surface area contributed by atoms with Crippen LogP contribution in [0.4, 0.5) is 0 Å². The minimum Gasteiger partial charge on any atom is -0.337 e. The smallest absolute Gasteiger partial charge is 0.264 e. The molecule has 8 heteroatoms. The van der Waals surface area contributed by atoms with Gasteiger partial charge in [-0.25, -0.2) is 4.68 Å². The van der Waals surface area contributed by atoms with Crippen LogP contribution in [0.5, 0.6) is 0 Å². The Bertz CT molecular complexity index is 946. The van der Waals surface area contributed by atoms with Crippen LogP contribution in [0.3, 0.4) is 0 Å². The minimum absolute atomic E-state index is 0. The number of carbonyl (C=O) groups excluding carboxylic acids is 1. The lowest BCUT2D eigenvalue weighted by Gasteiger charge is -2.22. The van der Waals surface area contributed by atoms with Crippen LogP contribution in [-0.2, 0) is 0 Å². The van der Waals surface area contributed by atoms with E-state index in [1.165, 1.54) is 11.3 Å². The third kappa shape index (κ3) is 3.34. The molecule has 5 nitrogen and oxygen atoms in total. The fourth-order valence-electron chi connectivity index (χ4n) is 3.25. The summed E-state index contributed by atoms with van der Waals surface area (Å²) in [5, 5.41) is 9.61. The van der Waals surface area contributed by atoms with Crippen LogP contribution in [0.1, 0.15) is 21.8 Å². The van der Waals surface area contributed by atoms with E-state index in [-0.39, 0.29) is 24.4 Å². The van der Waals surface area contributed by atoms with Gasteiger partial charge in [-0.2, -0.15) is 5.10 Å². The predicted molar refractivity (Wildman–Crippen MR) is 109 cm³/mol. The molecule has 1 aromatic carbocycles. The molecule has 0 saturated carbocycles. The maximum atomic E-state index is 12.9. The number of halogens is 2. The van der Waals surface area contributed by atoms with Gasteiger partial charge in [-0.15, -0.1) is 23.7 Å². The van der Waals surface area contributed by atoms with Crippen molar-refractivity contribution < 1.29 is 4.79 Å². The van der Waals surface area contributed by atoms with E-state index in [1.54, 1.807) is 0 Å². The van der Waals surface area contributed by atoms with Crippen molar-refractivity contribution in [3.63, 3.8) is 0 Å². The number of thiophene rings is 1. The molecule has 1 aliphatic heterocycles. The zero-order valence-electron chi connectivity index (χ0n) is 14.5. The highest BCUT2D eigenvalue weighted by Gasteiger charge is 2.26. The van der Waals surface area contributed by atoms with Gasteiger partial charge in [0.25, 0.3) is 5.91 Å². The summed E-state index contributed by atoms with van der Waals surface area (Å²) in [4.78, 5) is 16.5. The Labute approximate surface area is 167 Å². The molecule has 3 aromatic rings. The Balaban J connectivity index is 0.00000196. The summed E-state index contributed by atoms with van der Waals surface area (Å²) in [6, 6.07) is 9.82. The number of amides is 1. The van der Waals surface area contributed by atoms with Gasteiger partial charge in [0.15, 0.2) is 0 Å². The Morgan fingerprint density at radius 1 is 1.42 bits per heavy atom. The van der Waals surface area contributed by atoms with E-state index in [9.17, 15) is 4.79 Å². The second kappa shape index (κ2) is 7.56. The van der Waals surface area contributed by atoms with Crippen LogP contribution in [0.15, 0.2) is 30.3 Å². The standard InChI is InChI=1S/C18H19ClN4OS.ClH/c1-11-15-9-16(17(24)22(2)14-6-7-20-10-14)25-18(15)23(21-11)13-5-3-4-12(19)8-13;/h3-5,8-9,14,20H,6-7,10H2,1-2H3;1H. The predicted octanol–water partition coefficient (Wildman–Crippen LogP) is 3.90. The molecule has 1 atom stereocenters. The minimum atomic E-state index is 0. The molecule has 1 unspecified atom stereocenters. The van der Waals surface area contributed by atoms with Crippen molar-refractivity contribution in [3.05, 3.63) is 45.9 Å². The second-order valence-electron chi connectivity index (χ2n) is 6.37. The Hall–Kier alpha value is -1.60. The molecule has 2 aromatic heterocycles. The summed E-state index contributed by atoms with van der Waals surface area (Å²) in [7, 11) is 1.89. The number of benzene rings is 1. The SMILES string of the molecule is Cc1nn(-c2cccc(Cl)c2)c2sc(C(=O)N(C)C3CCNC3)cc12.Cl. The highest BCUT2D eigenvalue weighted by molar-refractivity contribution is 7.20. The fraction of sp³-hybridized carbons (Fsp3) is 0.333. The molecule has 1 amide bonds. The topological polar surface area (TPSA) is 50.2 Å². The first-order valence-electron chi connectivity index (χ1n) is 8.27. The van der Waals surface area contributed by atoms with E-state index < -0.39 is 0 Å². The first-order chi connectivity index (χ1) is 12.0. The van der Waals surface area contributed by atoms with Crippen LogP contribution < -0.4 is 5.32 Å².